The Labute approximate surface area is 94.8 Å². The van der Waals surface area contributed by atoms with Gasteiger partial charge in [-0.2, -0.15) is 0 Å². The quantitative estimate of drug-likeness (QED) is 0.815. The molecule has 5 nitrogen and oxygen atoms in total. The summed E-state index contributed by atoms with van der Waals surface area (Å²) in [6.07, 6.45) is 0. The van der Waals surface area contributed by atoms with Crippen LogP contribution in [0.4, 0.5) is 5.69 Å². The highest BCUT2D eigenvalue weighted by Gasteiger charge is 2.23. The molecular formula is C10H16N2O3S. The molecule has 1 heterocycles. The summed E-state index contributed by atoms with van der Waals surface area (Å²) in [7, 11) is -2.04. The third-order valence-corrected chi connectivity index (χ3v) is 4.66. The van der Waals surface area contributed by atoms with Gasteiger partial charge in [0.05, 0.1) is 11.4 Å². The average Bonchev–Trinajstić information content (AvgIpc) is 2.23. The zero-order chi connectivity index (χ0) is 12.7. The molecule has 0 aliphatic rings. The largest absolute Gasteiger partial charge is 0.397 e. The van der Waals surface area contributed by atoms with Crippen molar-refractivity contribution in [2.75, 3.05) is 11.5 Å². The SMILES string of the molecule is CCS(=O)(=O)c1c(N)c(C)c(C)n(C)c1=O. The second kappa shape index (κ2) is 3.93. The van der Waals surface area contributed by atoms with Gasteiger partial charge >= 0.3 is 0 Å². The maximum absolute atomic E-state index is 11.9. The lowest BCUT2D eigenvalue weighted by Gasteiger charge is -2.13. The van der Waals surface area contributed by atoms with E-state index in [0.717, 1.165) is 0 Å². The Morgan fingerprint density at radius 1 is 1.31 bits per heavy atom. The molecule has 16 heavy (non-hydrogen) atoms. The van der Waals surface area contributed by atoms with Crippen molar-refractivity contribution in [1.29, 1.82) is 0 Å². The van der Waals surface area contributed by atoms with E-state index in [1.807, 2.05) is 0 Å². The van der Waals surface area contributed by atoms with E-state index in [0.29, 0.717) is 11.3 Å². The fourth-order valence-electron chi connectivity index (χ4n) is 1.48. The first-order chi connectivity index (χ1) is 7.24. The van der Waals surface area contributed by atoms with Gasteiger partial charge in [-0.15, -0.1) is 0 Å². The third-order valence-electron chi connectivity index (χ3n) is 2.88. The minimum absolute atomic E-state index is 0.0717. The molecule has 1 rings (SSSR count). The Kier molecular flexibility index (Phi) is 3.14. The van der Waals surface area contributed by atoms with Crippen LogP contribution in [-0.4, -0.2) is 18.7 Å². The fourth-order valence-corrected chi connectivity index (χ4v) is 2.66. The molecule has 0 aromatic carbocycles. The van der Waals surface area contributed by atoms with Crippen LogP contribution in [-0.2, 0) is 16.9 Å². The molecule has 1 aromatic rings. The number of rotatable bonds is 2. The molecule has 0 radical (unpaired) electrons. The average molecular weight is 244 g/mol. The van der Waals surface area contributed by atoms with Crippen LogP contribution in [0.2, 0.25) is 0 Å². The molecule has 0 saturated heterocycles. The standard InChI is InChI=1S/C10H16N2O3S/c1-5-16(14,15)9-8(11)6(2)7(3)12(4)10(9)13/h5,11H2,1-4H3. The third kappa shape index (κ3) is 1.73. The molecule has 0 bridgehead atoms. The Bertz CT molecular complexity index is 585. The first kappa shape index (κ1) is 12.8. The zero-order valence-electron chi connectivity index (χ0n) is 9.86. The molecule has 6 heteroatoms. The lowest BCUT2D eigenvalue weighted by atomic mass is 10.2. The summed E-state index contributed by atoms with van der Waals surface area (Å²) >= 11 is 0. The van der Waals surface area contributed by atoms with Crippen LogP contribution in [0.5, 0.6) is 0 Å². The van der Waals surface area contributed by atoms with Gasteiger partial charge in [-0.05, 0) is 19.4 Å². The molecule has 0 fully saturated rings. The van der Waals surface area contributed by atoms with Crippen molar-refractivity contribution in [2.45, 2.75) is 25.7 Å². The predicted molar refractivity (Wildman–Crippen MR) is 63.3 cm³/mol. The normalized spacial score (nSPS) is 11.8. The van der Waals surface area contributed by atoms with Gasteiger partial charge in [-0.3, -0.25) is 4.79 Å². The first-order valence-electron chi connectivity index (χ1n) is 4.92. The van der Waals surface area contributed by atoms with Crippen molar-refractivity contribution in [2.24, 2.45) is 7.05 Å². The van der Waals surface area contributed by atoms with Crippen LogP contribution in [0, 0.1) is 13.8 Å². The molecule has 0 unspecified atom stereocenters. The van der Waals surface area contributed by atoms with Crippen LogP contribution in [0.1, 0.15) is 18.2 Å². The second-order valence-corrected chi connectivity index (χ2v) is 5.94. The van der Waals surface area contributed by atoms with Gasteiger partial charge in [-0.1, -0.05) is 6.92 Å². The van der Waals surface area contributed by atoms with E-state index in [1.54, 1.807) is 20.9 Å². The number of anilines is 1. The Hall–Kier alpha value is -1.30. The summed E-state index contributed by atoms with van der Waals surface area (Å²) in [4.78, 5) is 11.6. The van der Waals surface area contributed by atoms with Gasteiger partial charge < -0.3 is 10.3 Å². The number of aromatic nitrogens is 1. The van der Waals surface area contributed by atoms with Crippen molar-refractivity contribution in [3.8, 4) is 0 Å². The van der Waals surface area contributed by atoms with Crippen molar-refractivity contribution < 1.29 is 8.42 Å². The summed E-state index contributed by atoms with van der Waals surface area (Å²) in [5, 5.41) is 0. The Morgan fingerprint density at radius 3 is 2.25 bits per heavy atom. The maximum Gasteiger partial charge on any atom is 0.271 e. The summed E-state index contributed by atoms with van der Waals surface area (Å²) in [6.45, 7) is 4.93. The van der Waals surface area contributed by atoms with Gasteiger partial charge in [0.15, 0.2) is 14.7 Å². The van der Waals surface area contributed by atoms with Crippen LogP contribution in [0.3, 0.4) is 0 Å². The van der Waals surface area contributed by atoms with Gasteiger partial charge in [0.1, 0.15) is 0 Å². The highest BCUT2D eigenvalue weighted by molar-refractivity contribution is 7.91. The number of nitrogen functional groups attached to an aromatic ring is 1. The van der Waals surface area contributed by atoms with E-state index in [4.69, 9.17) is 5.73 Å². The Balaban J connectivity index is 3.87. The lowest BCUT2D eigenvalue weighted by Crippen LogP contribution is -2.29. The van der Waals surface area contributed by atoms with E-state index in [1.165, 1.54) is 11.5 Å². The van der Waals surface area contributed by atoms with Crippen molar-refractivity contribution >= 4 is 15.5 Å². The number of sulfone groups is 1. The van der Waals surface area contributed by atoms with Crippen molar-refractivity contribution in [1.82, 2.24) is 4.57 Å². The van der Waals surface area contributed by atoms with E-state index in [9.17, 15) is 13.2 Å². The molecule has 0 atom stereocenters. The molecule has 90 valence electrons. The van der Waals surface area contributed by atoms with Crippen LogP contribution >= 0.6 is 0 Å². The van der Waals surface area contributed by atoms with Crippen molar-refractivity contribution in [3.63, 3.8) is 0 Å². The number of nitrogens with two attached hydrogens (primary N) is 1. The number of nitrogens with zero attached hydrogens (tertiary/aromatic N) is 1. The number of hydrogen-bond acceptors (Lipinski definition) is 4. The monoisotopic (exact) mass is 244 g/mol. The van der Waals surface area contributed by atoms with Crippen LogP contribution in [0.25, 0.3) is 0 Å². The molecular weight excluding hydrogens is 228 g/mol. The molecule has 2 N–H and O–H groups in total. The topological polar surface area (TPSA) is 82.2 Å². The van der Waals surface area contributed by atoms with Gasteiger partial charge in [-0.25, -0.2) is 8.42 Å². The summed E-state index contributed by atoms with van der Waals surface area (Å²) in [6, 6.07) is 0. The minimum Gasteiger partial charge on any atom is -0.397 e. The molecule has 0 saturated carbocycles. The maximum atomic E-state index is 11.9. The smallest absolute Gasteiger partial charge is 0.271 e. The second-order valence-electron chi connectivity index (χ2n) is 3.72. The first-order valence-corrected chi connectivity index (χ1v) is 6.57. The van der Waals surface area contributed by atoms with E-state index in [-0.39, 0.29) is 16.3 Å². The van der Waals surface area contributed by atoms with Crippen LogP contribution in [0.15, 0.2) is 9.69 Å². The predicted octanol–water partition coefficient (Wildman–Crippen LogP) is 0.378. The van der Waals surface area contributed by atoms with E-state index < -0.39 is 15.4 Å². The summed E-state index contributed by atoms with van der Waals surface area (Å²) in [5.74, 6) is -0.130. The van der Waals surface area contributed by atoms with Crippen LogP contribution < -0.4 is 11.3 Å². The summed E-state index contributed by atoms with van der Waals surface area (Å²) < 4.78 is 24.8. The van der Waals surface area contributed by atoms with Gasteiger partial charge in [0.25, 0.3) is 5.56 Å². The zero-order valence-corrected chi connectivity index (χ0v) is 10.7. The van der Waals surface area contributed by atoms with Gasteiger partial charge in [0.2, 0.25) is 0 Å². The highest BCUT2D eigenvalue weighted by atomic mass is 32.2. The van der Waals surface area contributed by atoms with E-state index >= 15 is 0 Å². The molecule has 1 aromatic heterocycles. The summed E-state index contributed by atoms with van der Waals surface area (Å²) in [5.41, 5.74) is 6.55. The van der Waals surface area contributed by atoms with E-state index in [2.05, 4.69) is 0 Å². The molecule has 0 amide bonds. The van der Waals surface area contributed by atoms with Gasteiger partial charge in [0, 0.05) is 12.7 Å². The number of hydrogen-bond donors (Lipinski definition) is 1. The fraction of sp³-hybridized carbons (Fsp3) is 0.500. The lowest BCUT2D eigenvalue weighted by molar-refractivity contribution is 0.594. The minimum atomic E-state index is -3.58. The highest BCUT2D eigenvalue weighted by Crippen LogP contribution is 2.21. The molecule has 0 aliphatic carbocycles. The molecule has 0 spiro atoms. The van der Waals surface area contributed by atoms with Crippen molar-refractivity contribution in [3.05, 3.63) is 21.6 Å². The Morgan fingerprint density at radius 2 is 1.81 bits per heavy atom. The molecule has 0 aliphatic heterocycles. The number of pyridine rings is 1.